The van der Waals surface area contributed by atoms with Crippen LogP contribution in [-0.2, 0) is 17.8 Å². The third-order valence-electron chi connectivity index (χ3n) is 5.66. The largest absolute Gasteiger partial charge is 0.506 e. The summed E-state index contributed by atoms with van der Waals surface area (Å²) in [4.78, 5) is 28.0. The Labute approximate surface area is 171 Å². The number of hydrogen-bond donors (Lipinski definition) is 0. The van der Waals surface area contributed by atoms with E-state index in [1.54, 1.807) is 4.58 Å². The number of urea groups is 1. The van der Waals surface area contributed by atoms with Crippen LogP contribution in [0.5, 0.6) is 0 Å². The van der Waals surface area contributed by atoms with Crippen LogP contribution in [0.2, 0.25) is 0 Å². The molecule has 0 bridgehead atoms. The Morgan fingerprint density at radius 1 is 1.00 bits per heavy atom. The molecule has 4 nitrogen and oxygen atoms in total. The van der Waals surface area contributed by atoms with Crippen LogP contribution in [0, 0.1) is 19.8 Å². The number of imide groups is 1. The lowest BCUT2D eigenvalue weighted by atomic mass is 9.93. The van der Waals surface area contributed by atoms with Crippen molar-refractivity contribution in [3.05, 3.63) is 89.0 Å². The van der Waals surface area contributed by atoms with Gasteiger partial charge in [0.25, 0.3) is 0 Å². The van der Waals surface area contributed by atoms with Gasteiger partial charge in [-0.05, 0) is 55.2 Å². The van der Waals surface area contributed by atoms with Crippen molar-refractivity contribution >= 4 is 23.3 Å². The SMILES string of the molecule is CCc1ccc(N2C(=O)C3C=CC=CC3=[N+](Cc3cc(C)ccc3C)C2=O)cc1. The lowest BCUT2D eigenvalue weighted by Gasteiger charge is -2.27. The molecule has 2 aromatic rings. The lowest BCUT2D eigenvalue weighted by Crippen LogP contribution is -2.54. The quantitative estimate of drug-likeness (QED) is 0.714. The molecule has 0 radical (unpaired) electrons. The summed E-state index contributed by atoms with van der Waals surface area (Å²) in [7, 11) is 0. The molecule has 0 saturated heterocycles. The van der Waals surface area contributed by atoms with Crippen molar-refractivity contribution in [3.63, 3.8) is 0 Å². The molecule has 1 atom stereocenters. The predicted molar refractivity (Wildman–Crippen MR) is 115 cm³/mol. The van der Waals surface area contributed by atoms with E-state index in [0.717, 1.165) is 28.8 Å². The van der Waals surface area contributed by atoms with Crippen LogP contribution in [0.4, 0.5) is 10.5 Å². The van der Waals surface area contributed by atoms with E-state index in [9.17, 15) is 9.59 Å². The maximum absolute atomic E-state index is 13.5. The average Bonchev–Trinajstić information content (AvgIpc) is 2.74. The molecule has 4 rings (SSSR count). The standard InChI is InChI=1S/C25H25N2O2/c1-4-19-11-13-21(14-12-19)27-24(28)22-7-5-6-8-23(22)26(25(27)29)16-20-15-17(2)9-10-18(20)3/h5-15,22H,4,16H2,1-3H3/q+1. The number of fused-ring (bicyclic) bond motifs is 1. The summed E-state index contributed by atoms with van der Waals surface area (Å²) >= 11 is 0. The molecule has 2 aromatic carbocycles. The smallest absolute Gasteiger partial charge is 0.245 e. The molecule has 0 N–H and O–H groups in total. The Morgan fingerprint density at radius 3 is 2.48 bits per heavy atom. The zero-order valence-electron chi connectivity index (χ0n) is 17.1. The van der Waals surface area contributed by atoms with Crippen LogP contribution >= 0.6 is 0 Å². The summed E-state index contributed by atoms with van der Waals surface area (Å²) in [5, 5.41) is 0. The van der Waals surface area contributed by atoms with Crippen LogP contribution < -0.4 is 4.90 Å². The van der Waals surface area contributed by atoms with E-state index in [1.807, 2.05) is 62.4 Å². The minimum Gasteiger partial charge on any atom is -0.245 e. The molecule has 29 heavy (non-hydrogen) atoms. The number of carbonyl (C=O) groups excluding carboxylic acids is 2. The zero-order chi connectivity index (χ0) is 20.5. The first kappa shape index (κ1) is 19.1. The Hall–Kier alpha value is -3.27. The minimum atomic E-state index is -0.450. The summed E-state index contributed by atoms with van der Waals surface area (Å²) in [5.41, 5.74) is 5.90. The van der Waals surface area contributed by atoms with Crippen molar-refractivity contribution in [1.29, 1.82) is 0 Å². The van der Waals surface area contributed by atoms with Gasteiger partial charge in [0.2, 0.25) is 0 Å². The molecule has 1 unspecified atom stereocenters. The van der Waals surface area contributed by atoms with Gasteiger partial charge in [-0.3, -0.25) is 0 Å². The van der Waals surface area contributed by atoms with E-state index in [-0.39, 0.29) is 11.9 Å². The van der Waals surface area contributed by atoms with Gasteiger partial charge in [0.05, 0.1) is 0 Å². The van der Waals surface area contributed by atoms with Crippen molar-refractivity contribution in [1.82, 2.24) is 0 Å². The van der Waals surface area contributed by atoms with Crippen molar-refractivity contribution in [2.75, 3.05) is 4.90 Å². The van der Waals surface area contributed by atoms with E-state index in [2.05, 4.69) is 25.1 Å². The average molecular weight is 385 g/mol. The first-order chi connectivity index (χ1) is 14.0. The number of rotatable bonds is 4. The lowest BCUT2D eigenvalue weighted by molar-refractivity contribution is -0.445. The van der Waals surface area contributed by atoms with Crippen LogP contribution in [-0.4, -0.2) is 22.2 Å². The monoisotopic (exact) mass is 385 g/mol. The Morgan fingerprint density at radius 2 is 1.76 bits per heavy atom. The van der Waals surface area contributed by atoms with Gasteiger partial charge in [0, 0.05) is 0 Å². The molecular weight excluding hydrogens is 360 g/mol. The predicted octanol–water partition coefficient (Wildman–Crippen LogP) is 4.73. The molecule has 3 amide bonds. The van der Waals surface area contributed by atoms with E-state index >= 15 is 0 Å². The van der Waals surface area contributed by atoms with Crippen LogP contribution in [0.25, 0.3) is 0 Å². The first-order valence-corrected chi connectivity index (χ1v) is 10.0. The maximum atomic E-state index is 13.5. The van der Waals surface area contributed by atoms with Crippen molar-refractivity contribution < 1.29 is 14.2 Å². The number of nitrogens with zero attached hydrogens (tertiary/aromatic N) is 2. The molecule has 1 aliphatic heterocycles. The zero-order valence-corrected chi connectivity index (χ0v) is 17.1. The summed E-state index contributed by atoms with van der Waals surface area (Å²) in [5.74, 6) is -0.652. The van der Waals surface area contributed by atoms with Gasteiger partial charge in [-0.2, -0.15) is 9.37 Å². The molecule has 4 heteroatoms. The first-order valence-electron chi connectivity index (χ1n) is 10.0. The van der Waals surface area contributed by atoms with Gasteiger partial charge in [0.1, 0.15) is 23.9 Å². The van der Waals surface area contributed by atoms with Gasteiger partial charge in [-0.15, -0.1) is 4.90 Å². The fourth-order valence-electron chi connectivity index (χ4n) is 3.88. The van der Waals surface area contributed by atoms with E-state index < -0.39 is 5.92 Å². The van der Waals surface area contributed by atoms with Gasteiger partial charge < -0.3 is 0 Å². The van der Waals surface area contributed by atoms with Gasteiger partial charge in [-0.1, -0.05) is 61.0 Å². The molecule has 1 aliphatic carbocycles. The van der Waals surface area contributed by atoms with Crippen molar-refractivity contribution in [2.24, 2.45) is 5.92 Å². The molecule has 146 valence electrons. The van der Waals surface area contributed by atoms with Gasteiger partial charge in [-0.25, -0.2) is 4.79 Å². The van der Waals surface area contributed by atoms with Crippen LogP contribution in [0.3, 0.4) is 0 Å². The molecule has 0 aromatic heterocycles. The number of anilines is 1. The summed E-state index contributed by atoms with van der Waals surface area (Å²) in [6.07, 6.45) is 8.41. The van der Waals surface area contributed by atoms with E-state index in [4.69, 9.17) is 0 Å². The Balaban J connectivity index is 1.80. The minimum absolute atomic E-state index is 0.202. The third kappa shape index (κ3) is 3.46. The Bertz CT molecular complexity index is 1070. The van der Waals surface area contributed by atoms with Gasteiger partial charge >= 0.3 is 11.9 Å². The van der Waals surface area contributed by atoms with E-state index in [1.165, 1.54) is 10.5 Å². The Kier molecular flexibility index (Phi) is 5.01. The highest BCUT2D eigenvalue weighted by Crippen LogP contribution is 2.27. The van der Waals surface area contributed by atoms with Crippen LogP contribution in [0.15, 0.2) is 66.8 Å². The third-order valence-corrected chi connectivity index (χ3v) is 5.66. The molecule has 2 aliphatic rings. The highest BCUT2D eigenvalue weighted by atomic mass is 16.2. The molecular formula is C25H25N2O2+. The fraction of sp³-hybridized carbons (Fsp3) is 0.240. The maximum Gasteiger partial charge on any atom is 0.506 e. The number of amides is 3. The molecule has 1 heterocycles. The second-order valence-corrected chi connectivity index (χ2v) is 7.64. The second-order valence-electron chi connectivity index (χ2n) is 7.64. The number of aryl methyl sites for hydroxylation is 3. The van der Waals surface area contributed by atoms with Crippen molar-refractivity contribution in [2.45, 2.75) is 33.7 Å². The number of carbonyl (C=O) groups is 2. The van der Waals surface area contributed by atoms with Crippen molar-refractivity contribution in [3.8, 4) is 0 Å². The highest BCUT2D eigenvalue weighted by molar-refractivity contribution is 6.25. The molecule has 0 fully saturated rings. The summed E-state index contributed by atoms with van der Waals surface area (Å²) in [6, 6.07) is 13.6. The normalized spacial score (nSPS) is 18.4. The highest BCUT2D eigenvalue weighted by Gasteiger charge is 2.47. The topological polar surface area (TPSA) is 40.4 Å². The van der Waals surface area contributed by atoms with Crippen LogP contribution in [0.1, 0.15) is 29.2 Å². The van der Waals surface area contributed by atoms with Gasteiger partial charge in [0.15, 0.2) is 0 Å². The summed E-state index contributed by atoms with van der Waals surface area (Å²) < 4.78 is 1.74. The molecule has 0 spiro atoms. The fourth-order valence-corrected chi connectivity index (χ4v) is 3.88. The number of benzene rings is 2. The molecule has 0 saturated carbocycles. The van der Waals surface area contributed by atoms with E-state index in [0.29, 0.717) is 12.2 Å². The summed E-state index contributed by atoms with van der Waals surface area (Å²) in [6.45, 7) is 6.62. The second kappa shape index (κ2) is 7.63. The number of hydrogen-bond acceptors (Lipinski definition) is 2. The number of allylic oxidation sites excluding steroid dienone is 3.